The molecule has 0 aliphatic heterocycles. The van der Waals surface area contributed by atoms with Gasteiger partial charge in [-0.3, -0.25) is 5.10 Å². The highest BCUT2D eigenvalue weighted by atomic mass is 35.5. The molecule has 0 bridgehead atoms. The zero-order valence-corrected chi connectivity index (χ0v) is 10.7. The maximum absolute atomic E-state index is 6.27. The van der Waals surface area contributed by atoms with Crippen LogP contribution in [-0.2, 0) is 0 Å². The van der Waals surface area contributed by atoms with E-state index in [1.165, 1.54) is 0 Å². The van der Waals surface area contributed by atoms with E-state index in [9.17, 15) is 0 Å². The highest BCUT2D eigenvalue weighted by molar-refractivity contribution is 6.33. The molecule has 0 atom stereocenters. The number of hydrogen-bond acceptors (Lipinski definition) is 3. The number of H-pyrrole nitrogens is 1. The number of nitrogens with two attached hydrogens (primary N) is 1. The summed E-state index contributed by atoms with van der Waals surface area (Å²) in [5, 5.41) is 7.38. The molecule has 2 rings (SSSR count). The summed E-state index contributed by atoms with van der Waals surface area (Å²) in [5.41, 5.74) is 9.37. The van der Waals surface area contributed by atoms with Gasteiger partial charge in [0.05, 0.1) is 17.8 Å². The lowest BCUT2D eigenvalue weighted by molar-refractivity contribution is 0.416. The molecule has 1 aromatic heterocycles. The number of aryl methyl sites for hydroxylation is 1. The standard InChI is InChI=1S/C12H14ClN3O/c1-6-4-8(9-5-10(14)16-15-9)12(17-3)11(13)7(6)2/h4-5H,1-3H3,(H3,14,15,16). The minimum atomic E-state index is 0.441. The summed E-state index contributed by atoms with van der Waals surface area (Å²) in [4.78, 5) is 0. The Bertz CT molecular complexity index is 563. The van der Waals surface area contributed by atoms with Crippen LogP contribution < -0.4 is 10.5 Å². The molecular formula is C12H14ClN3O. The second kappa shape index (κ2) is 4.30. The molecule has 0 radical (unpaired) electrons. The minimum Gasteiger partial charge on any atom is -0.494 e. The molecule has 0 aliphatic rings. The van der Waals surface area contributed by atoms with Crippen molar-refractivity contribution in [1.82, 2.24) is 10.2 Å². The van der Waals surface area contributed by atoms with Gasteiger partial charge in [-0.2, -0.15) is 5.10 Å². The molecule has 0 unspecified atom stereocenters. The Hall–Kier alpha value is -1.68. The lowest BCUT2D eigenvalue weighted by Crippen LogP contribution is -1.94. The van der Waals surface area contributed by atoms with Gasteiger partial charge in [-0.05, 0) is 31.0 Å². The lowest BCUT2D eigenvalue weighted by atomic mass is 10.0. The molecule has 0 saturated heterocycles. The Labute approximate surface area is 105 Å². The van der Waals surface area contributed by atoms with Gasteiger partial charge in [0, 0.05) is 11.6 Å². The third-order valence-electron chi connectivity index (χ3n) is 2.82. The van der Waals surface area contributed by atoms with E-state index in [2.05, 4.69) is 10.2 Å². The molecule has 5 heteroatoms. The molecule has 0 amide bonds. The number of nitrogens with zero attached hydrogens (tertiary/aromatic N) is 1. The summed E-state index contributed by atoms with van der Waals surface area (Å²) in [6.45, 7) is 3.97. The van der Waals surface area contributed by atoms with E-state index in [0.717, 1.165) is 22.4 Å². The number of benzene rings is 1. The van der Waals surface area contributed by atoms with Crippen molar-refractivity contribution in [3.8, 4) is 17.0 Å². The monoisotopic (exact) mass is 251 g/mol. The summed E-state index contributed by atoms with van der Waals surface area (Å²) in [6.07, 6.45) is 0. The number of methoxy groups -OCH3 is 1. The number of nitrogen functional groups attached to an aromatic ring is 1. The molecular weight excluding hydrogens is 238 g/mol. The van der Waals surface area contributed by atoms with E-state index in [4.69, 9.17) is 22.1 Å². The largest absolute Gasteiger partial charge is 0.494 e. The first-order chi connectivity index (χ1) is 8.04. The van der Waals surface area contributed by atoms with Gasteiger partial charge in [0.2, 0.25) is 0 Å². The minimum absolute atomic E-state index is 0.441. The Kier molecular flexibility index (Phi) is 2.98. The van der Waals surface area contributed by atoms with E-state index in [0.29, 0.717) is 16.6 Å². The molecule has 4 nitrogen and oxygen atoms in total. The Morgan fingerprint density at radius 2 is 2.06 bits per heavy atom. The Morgan fingerprint density at radius 1 is 1.35 bits per heavy atom. The van der Waals surface area contributed by atoms with Crippen LogP contribution in [0.1, 0.15) is 11.1 Å². The average Bonchev–Trinajstić information content (AvgIpc) is 2.72. The first kappa shape index (κ1) is 11.8. The number of halogens is 1. The molecule has 17 heavy (non-hydrogen) atoms. The topological polar surface area (TPSA) is 63.9 Å². The molecule has 1 aromatic carbocycles. The maximum Gasteiger partial charge on any atom is 0.147 e. The van der Waals surface area contributed by atoms with Crippen molar-refractivity contribution in [3.63, 3.8) is 0 Å². The van der Waals surface area contributed by atoms with Crippen LogP contribution in [-0.4, -0.2) is 17.3 Å². The number of anilines is 1. The molecule has 0 aliphatic carbocycles. The van der Waals surface area contributed by atoms with Crippen molar-refractivity contribution in [1.29, 1.82) is 0 Å². The number of ether oxygens (including phenoxy) is 1. The highest BCUT2D eigenvalue weighted by Crippen LogP contribution is 2.39. The van der Waals surface area contributed by atoms with Gasteiger partial charge >= 0.3 is 0 Å². The number of aromatic nitrogens is 2. The van der Waals surface area contributed by atoms with Crippen LogP contribution in [0.3, 0.4) is 0 Å². The van der Waals surface area contributed by atoms with Gasteiger partial charge in [-0.25, -0.2) is 0 Å². The fourth-order valence-electron chi connectivity index (χ4n) is 1.73. The zero-order chi connectivity index (χ0) is 12.6. The Morgan fingerprint density at radius 3 is 2.59 bits per heavy atom. The number of hydrogen-bond donors (Lipinski definition) is 2. The second-order valence-corrected chi connectivity index (χ2v) is 4.30. The number of nitrogens with one attached hydrogen (secondary N) is 1. The quantitative estimate of drug-likeness (QED) is 0.863. The summed E-state index contributed by atoms with van der Waals surface area (Å²) >= 11 is 6.27. The van der Waals surface area contributed by atoms with E-state index in [1.54, 1.807) is 13.2 Å². The van der Waals surface area contributed by atoms with E-state index in [-0.39, 0.29) is 0 Å². The van der Waals surface area contributed by atoms with Gasteiger partial charge in [-0.1, -0.05) is 11.6 Å². The van der Waals surface area contributed by atoms with Crippen molar-refractivity contribution in [2.24, 2.45) is 0 Å². The third-order valence-corrected chi connectivity index (χ3v) is 3.27. The van der Waals surface area contributed by atoms with Crippen molar-refractivity contribution < 1.29 is 4.74 Å². The fraction of sp³-hybridized carbons (Fsp3) is 0.250. The molecule has 0 fully saturated rings. The van der Waals surface area contributed by atoms with Crippen LogP contribution in [0.15, 0.2) is 12.1 Å². The van der Waals surface area contributed by atoms with Crippen LogP contribution >= 0.6 is 11.6 Å². The fourth-order valence-corrected chi connectivity index (χ4v) is 2.05. The normalized spacial score (nSPS) is 10.6. The molecule has 3 N–H and O–H groups in total. The van der Waals surface area contributed by atoms with Crippen molar-refractivity contribution in [2.75, 3.05) is 12.8 Å². The first-order valence-electron chi connectivity index (χ1n) is 5.19. The van der Waals surface area contributed by atoms with Gasteiger partial charge in [0.1, 0.15) is 11.6 Å². The molecule has 2 aromatic rings. The van der Waals surface area contributed by atoms with Crippen LogP contribution in [0.2, 0.25) is 5.02 Å². The molecule has 1 heterocycles. The van der Waals surface area contributed by atoms with Crippen LogP contribution in [0, 0.1) is 13.8 Å². The number of aromatic amines is 1. The second-order valence-electron chi connectivity index (χ2n) is 3.92. The van der Waals surface area contributed by atoms with E-state index in [1.807, 2.05) is 19.9 Å². The predicted octanol–water partition coefficient (Wildman–Crippen LogP) is 2.94. The van der Waals surface area contributed by atoms with Crippen molar-refractivity contribution in [2.45, 2.75) is 13.8 Å². The number of rotatable bonds is 2. The van der Waals surface area contributed by atoms with Gasteiger partial charge < -0.3 is 10.5 Å². The summed E-state index contributed by atoms with van der Waals surface area (Å²) < 4.78 is 5.36. The SMILES string of the molecule is COc1c(-c2cc(N)n[nH]2)cc(C)c(C)c1Cl. The van der Waals surface area contributed by atoms with Crippen molar-refractivity contribution >= 4 is 17.4 Å². The van der Waals surface area contributed by atoms with Crippen LogP contribution in [0.5, 0.6) is 5.75 Å². The molecule has 0 saturated carbocycles. The van der Waals surface area contributed by atoms with Gasteiger partial charge in [-0.15, -0.1) is 0 Å². The Balaban J connectivity index is 2.69. The summed E-state index contributed by atoms with van der Waals surface area (Å²) in [7, 11) is 1.60. The maximum atomic E-state index is 6.27. The predicted molar refractivity (Wildman–Crippen MR) is 69.5 cm³/mol. The highest BCUT2D eigenvalue weighted by Gasteiger charge is 2.15. The van der Waals surface area contributed by atoms with Crippen LogP contribution in [0.25, 0.3) is 11.3 Å². The summed E-state index contributed by atoms with van der Waals surface area (Å²) in [5.74, 6) is 1.08. The van der Waals surface area contributed by atoms with E-state index < -0.39 is 0 Å². The van der Waals surface area contributed by atoms with Crippen molar-refractivity contribution in [3.05, 3.63) is 28.3 Å². The van der Waals surface area contributed by atoms with E-state index >= 15 is 0 Å². The van der Waals surface area contributed by atoms with Gasteiger partial charge in [0.25, 0.3) is 0 Å². The van der Waals surface area contributed by atoms with Gasteiger partial charge in [0.15, 0.2) is 0 Å². The first-order valence-corrected chi connectivity index (χ1v) is 5.57. The zero-order valence-electron chi connectivity index (χ0n) is 9.97. The molecule has 90 valence electrons. The van der Waals surface area contributed by atoms with Crippen LogP contribution in [0.4, 0.5) is 5.82 Å². The third kappa shape index (κ3) is 1.96. The average molecular weight is 252 g/mol. The smallest absolute Gasteiger partial charge is 0.147 e. The summed E-state index contributed by atoms with van der Waals surface area (Å²) in [6, 6.07) is 3.76. The lowest BCUT2D eigenvalue weighted by Gasteiger charge is -2.13. The molecule has 0 spiro atoms.